The molecule has 3 N–H and O–H groups in total. The fourth-order valence-corrected chi connectivity index (χ4v) is 2.75. The van der Waals surface area contributed by atoms with Gasteiger partial charge in [0.15, 0.2) is 0 Å². The highest BCUT2D eigenvalue weighted by molar-refractivity contribution is 5.08. The van der Waals surface area contributed by atoms with E-state index < -0.39 is 0 Å². The Kier molecular flexibility index (Phi) is 4.45. The fraction of sp³-hybridized carbons (Fsp3) is 0.692. The molecule has 1 unspecified atom stereocenters. The van der Waals surface area contributed by atoms with Crippen LogP contribution in [0.2, 0.25) is 0 Å². The topological polar surface area (TPSA) is 63.8 Å². The van der Waals surface area contributed by atoms with Crippen molar-refractivity contribution < 1.29 is 0 Å². The average Bonchev–Trinajstić information content (AvgIpc) is 2.59. The van der Waals surface area contributed by atoms with Crippen LogP contribution >= 0.6 is 0 Å². The Morgan fingerprint density at radius 3 is 2.59 bits per heavy atom. The lowest BCUT2D eigenvalue weighted by Gasteiger charge is -2.25. The molecule has 0 saturated heterocycles. The van der Waals surface area contributed by atoms with Crippen LogP contribution in [0.25, 0.3) is 0 Å². The highest BCUT2D eigenvalue weighted by atomic mass is 15.2. The Labute approximate surface area is 103 Å². The molecular formula is C13H22N4. The maximum atomic E-state index is 5.73. The molecule has 1 aliphatic rings. The molecule has 1 heterocycles. The maximum Gasteiger partial charge on any atom is 0.125 e. The number of nitrogens with two attached hydrogens (primary N) is 1. The highest BCUT2D eigenvalue weighted by Gasteiger charge is 2.24. The Hall–Kier alpha value is -1.00. The highest BCUT2D eigenvalue weighted by Crippen LogP contribution is 2.32. The van der Waals surface area contributed by atoms with Crippen molar-refractivity contribution in [2.45, 2.75) is 51.5 Å². The number of aryl methyl sites for hydroxylation is 1. The lowest BCUT2D eigenvalue weighted by molar-refractivity contribution is 0.323. The molecule has 0 bridgehead atoms. The molecule has 17 heavy (non-hydrogen) atoms. The van der Waals surface area contributed by atoms with E-state index in [1.807, 2.05) is 19.2 Å². The number of aromatic nitrogens is 2. The van der Waals surface area contributed by atoms with Gasteiger partial charge in [-0.15, -0.1) is 0 Å². The maximum absolute atomic E-state index is 5.73. The molecule has 0 amide bonds. The van der Waals surface area contributed by atoms with Crippen molar-refractivity contribution in [3.05, 3.63) is 23.8 Å². The Morgan fingerprint density at radius 2 is 2.00 bits per heavy atom. The number of rotatable bonds is 3. The summed E-state index contributed by atoms with van der Waals surface area (Å²) in [6.45, 7) is 1.92. The van der Waals surface area contributed by atoms with Gasteiger partial charge in [0.05, 0.1) is 11.7 Å². The van der Waals surface area contributed by atoms with E-state index in [0.29, 0.717) is 5.92 Å². The molecule has 4 heteroatoms. The number of nitrogens with one attached hydrogen (secondary N) is 1. The van der Waals surface area contributed by atoms with Crippen molar-refractivity contribution in [1.29, 1.82) is 0 Å². The van der Waals surface area contributed by atoms with E-state index >= 15 is 0 Å². The molecular weight excluding hydrogens is 212 g/mol. The number of hydrogen-bond acceptors (Lipinski definition) is 4. The van der Waals surface area contributed by atoms with E-state index in [2.05, 4.69) is 15.4 Å². The van der Waals surface area contributed by atoms with Crippen molar-refractivity contribution in [3.63, 3.8) is 0 Å². The smallest absolute Gasteiger partial charge is 0.125 e. The summed E-state index contributed by atoms with van der Waals surface area (Å²) in [5, 5.41) is 0. The Balaban J connectivity index is 2.14. The van der Waals surface area contributed by atoms with Crippen LogP contribution in [0.4, 0.5) is 0 Å². The molecule has 0 radical (unpaired) electrons. The van der Waals surface area contributed by atoms with Gasteiger partial charge >= 0.3 is 0 Å². The van der Waals surface area contributed by atoms with Crippen molar-refractivity contribution in [1.82, 2.24) is 15.4 Å². The van der Waals surface area contributed by atoms with Crippen LogP contribution in [0.3, 0.4) is 0 Å². The van der Waals surface area contributed by atoms with Crippen molar-refractivity contribution in [2.24, 2.45) is 11.8 Å². The summed E-state index contributed by atoms with van der Waals surface area (Å²) in [5.74, 6) is 7.15. The van der Waals surface area contributed by atoms with Crippen LogP contribution in [-0.4, -0.2) is 9.97 Å². The van der Waals surface area contributed by atoms with Gasteiger partial charge in [0, 0.05) is 6.20 Å². The summed E-state index contributed by atoms with van der Waals surface area (Å²) < 4.78 is 0. The van der Waals surface area contributed by atoms with Gasteiger partial charge in [0.2, 0.25) is 0 Å². The molecule has 1 atom stereocenters. The molecule has 1 aromatic heterocycles. The van der Waals surface area contributed by atoms with E-state index in [-0.39, 0.29) is 6.04 Å². The molecule has 1 aliphatic carbocycles. The Bertz CT molecular complexity index is 345. The van der Waals surface area contributed by atoms with Gasteiger partial charge in [-0.1, -0.05) is 25.7 Å². The third kappa shape index (κ3) is 3.23. The lowest BCUT2D eigenvalue weighted by atomic mass is 9.90. The zero-order chi connectivity index (χ0) is 12.1. The first kappa shape index (κ1) is 12.5. The SMILES string of the molecule is Cc1nccc(C(NN)C2CCCCCC2)n1. The first-order valence-electron chi connectivity index (χ1n) is 6.57. The predicted octanol–water partition coefficient (Wildman–Crippen LogP) is 2.26. The molecule has 0 aliphatic heterocycles. The van der Waals surface area contributed by atoms with E-state index in [9.17, 15) is 0 Å². The van der Waals surface area contributed by atoms with Crippen LogP contribution in [0, 0.1) is 12.8 Å². The normalized spacial score (nSPS) is 19.9. The number of hydrazine groups is 1. The van der Waals surface area contributed by atoms with Gasteiger partial charge in [0.1, 0.15) is 5.82 Å². The fourth-order valence-electron chi connectivity index (χ4n) is 2.75. The van der Waals surface area contributed by atoms with Gasteiger partial charge in [-0.05, 0) is 31.7 Å². The van der Waals surface area contributed by atoms with E-state index in [4.69, 9.17) is 5.84 Å². The number of nitrogens with zero attached hydrogens (tertiary/aromatic N) is 2. The monoisotopic (exact) mass is 234 g/mol. The molecule has 4 nitrogen and oxygen atoms in total. The molecule has 1 aromatic rings. The standard InChI is InChI=1S/C13H22N4/c1-10-15-9-8-12(16-10)13(17-14)11-6-4-2-3-5-7-11/h8-9,11,13,17H,2-7,14H2,1H3. The first-order valence-corrected chi connectivity index (χ1v) is 6.57. The van der Waals surface area contributed by atoms with Crippen LogP contribution in [0.15, 0.2) is 12.3 Å². The minimum absolute atomic E-state index is 0.176. The zero-order valence-electron chi connectivity index (χ0n) is 10.5. The predicted molar refractivity (Wildman–Crippen MR) is 68.0 cm³/mol. The van der Waals surface area contributed by atoms with Crippen LogP contribution < -0.4 is 11.3 Å². The van der Waals surface area contributed by atoms with E-state index in [0.717, 1.165) is 11.5 Å². The largest absolute Gasteiger partial charge is 0.271 e. The van der Waals surface area contributed by atoms with E-state index in [1.54, 1.807) is 0 Å². The summed E-state index contributed by atoms with van der Waals surface area (Å²) >= 11 is 0. The van der Waals surface area contributed by atoms with Gasteiger partial charge < -0.3 is 0 Å². The quantitative estimate of drug-likeness (QED) is 0.478. The van der Waals surface area contributed by atoms with Crippen molar-refractivity contribution in [3.8, 4) is 0 Å². The number of hydrogen-bond donors (Lipinski definition) is 2. The molecule has 1 saturated carbocycles. The third-order valence-corrected chi connectivity index (χ3v) is 3.67. The molecule has 94 valence electrons. The summed E-state index contributed by atoms with van der Waals surface area (Å²) in [6.07, 6.45) is 9.65. The average molecular weight is 234 g/mol. The third-order valence-electron chi connectivity index (χ3n) is 3.67. The lowest BCUT2D eigenvalue weighted by Crippen LogP contribution is -2.34. The Morgan fingerprint density at radius 1 is 1.29 bits per heavy atom. The first-order chi connectivity index (χ1) is 8.31. The second-order valence-corrected chi connectivity index (χ2v) is 4.92. The van der Waals surface area contributed by atoms with Gasteiger partial charge in [-0.25, -0.2) is 9.97 Å². The summed E-state index contributed by atoms with van der Waals surface area (Å²) in [4.78, 5) is 8.64. The molecule has 0 aromatic carbocycles. The van der Waals surface area contributed by atoms with Crippen molar-refractivity contribution >= 4 is 0 Å². The molecule has 0 spiro atoms. The van der Waals surface area contributed by atoms with Gasteiger partial charge in [-0.3, -0.25) is 11.3 Å². The van der Waals surface area contributed by atoms with Gasteiger partial charge in [0.25, 0.3) is 0 Å². The summed E-state index contributed by atoms with van der Waals surface area (Å²) in [5.41, 5.74) is 3.99. The minimum Gasteiger partial charge on any atom is -0.271 e. The molecule has 2 rings (SSSR count). The molecule has 1 fully saturated rings. The minimum atomic E-state index is 0.176. The van der Waals surface area contributed by atoms with E-state index in [1.165, 1.54) is 38.5 Å². The zero-order valence-corrected chi connectivity index (χ0v) is 10.5. The summed E-state index contributed by atoms with van der Waals surface area (Å²) in [6, 6.07) is 2.15. The van der Waals surface area contributed by atoms with Crippen LogP contribution in [-0.2, 0) is 0 Å². The van der Waals surface area contributed by atoms with Crippen LogP contribution in [0.5, 0.6) is 0 Å². The van der Waals surface area contributed by atoms with Crippen LogP contribution in [0.1, 0.15) is 56.1 Å². The second-order valence-electron chi connectivity index (χ2n) is 4.92. The van der Waals surface area contributed by atoms with Gasteiger partial charge in [-0.2, -0.15) is 0 Å². The summed E-state index contributed by atoms with van der Waals surface area (Å²) in [7, 11) is 0. The second kappa shape index (κ2) is 6.07. The van der Waals surface area contributed by atoms with Crippen molar-refractivity contribution in [2.75, 3.05) is 0 Å².